The van der Waals surface area contributed by atoms with Gasteiger partial charge in [0.25, 0.3) is 0 Å². The predicted molar refractivity (Wildman–Crippen MR) is 224 cm³/mol. The monoisotopic (exact) mass is 805 g/mol. The van der Waals surface area contributed by atoms with Crippen LogP contribution in [-0.4, -0.2) is 147 Å². The Morgan fingerprint density at radius 1 is 0.346 bits per heavy atom. The zero-order valence-electron chi connectivity index (χ0n) is 36.9. The molecule has 0 saturated carbocycles. The largest absolute Gasteiger partial charge is 0.558 e. The molecule has 0 rings (SSSR count). The first-order valence-electron chi connectivity index (χ1n) is 20.3. The molecule has 0 aliphatic carbocycles. The minimum Gasteiger partial charge on any atom is -0.377 e. The number of hydrogen-bond donors (Lipinski definition) is 2. The molecule has 52 heavy (non-hydrogen) atoms. The molecule has 0 amide bonds. The van der Waals surface area contributed by atoms with E-state index in [0.717, 1.165) is 61.8 Å². The molecule has 0 aromatic heterocycles. The van der Waals surface area contributed by atoms with Gasteiger partial charge in [0, 0.05) is 76.1 Å². The first-order chi connectivity index (χ1) is 25.1. The molecule has 0 aliphatic heterocycles. The SMILES string of the molecule is CCCCCNCCC[Si](OC)(OC)OC.CCCCNCCC[Si](OC)(OC)OC.CCCC[N+](CCCC)(CCCC)C[Si](OC)(OC)OC. The lowest BCUT2D eigenvalue weighted by molar-refractivity contribution is -0.921. The minimum absolute atomic E-state index is 0.871. The molecular formula is C37H90N3O9Si3+. The van der Waals surface area contributed by atoms with Crippen LogP contribution in [0, 0.1) is 0 Å². The van der Waals surface area contributed by atoms with Crippen LogP contribution < -0.4 is 10.6 Å². The van der Waals surface area contributed by atoms with Crippen LogP contribution in [0.2, 0.25) is 12.1 Å². The van der Waals surface area contributed by atoms with E-state index in [0.29, 0.717) is 0 Å². The smallest absolute Gasteiger partial charge is 0.377 e. The van der Waals surface area contributed by atoms with E-state index in [9.17, 15) is 0 Å². The first-order valence-corrected chi connectivity index (χ1v) is 26.1. The first kappa shape index (κ1) is 56.5. The Labute approximate surface area is 326 Å². The van der Waals surface area contributed by atoms with Gasteiger partial charge in [-0.05, 0) is 71.1 Å². The molecule has 15 heteroatoms. The third kappa shape index (κ3) is 26.9. The Kier molecular flexibility index (Phi) is 41.4. The maximum atomic E-state index is 5.71. The molecule has 0 unspecified atom stereocenters. The lowest BCUT2D eigenvalue weighted by Crippen LogP contribution is -2.63. The van der Waals surface area contributed by atoms with E-state index in [-0.39, 0.29) is 0 Å². The van der Waals surface area contributed by atoms with Gasteiger partial charge in [0.2, 0.25) is 0 Å². The fourth-order valence-corrected chi connectivity index (χ4v) is 11.6. The van der Waals surface area contributed by atoms with Gasteiger partial charge >= 0.3 is 26.4 Å². The number of nitrogens with one attached hydrogen (secondary N) is 2. The van der Waals surface area contributed by atoms with Crippen molar-refractivity contribution in [2.45, 2.75) is 130 Å². The molecule has 12 nitrogen and oxygen atoms in total. The van der Waals surface area contributed by atoms with Crippen molar-refractivity contribution >= 4 is 26.4 Å². The molecule has 0 aliphatic rings. The van der Waals surface area contributed by atoms with Crippen molar-refractivity contribution in [3.05, 3.63) is 0 Å². The van der Waals surface area contributed by atoms with E-state index >= 15 is 0 Å². The molecule has 2 N–H and O–H groups in total. The Morgan fingerprint density at radius 3 is 0.923 bits per heavy atom. The molecule has 0 fully saturated rings. The van der Waals surface area contributed by atoms with Gasteiger partial charge < -0.3 is 55.0 Å². The summed E-state index contributed by atoms with van der Waals surface area (Å²) in [5, 5.41) is 6.81. The van der Waals surface area contributed by atoms with Gasteiger partial charge in [0.1, 0.15) is 6.17 Å². The Bertz CT molecular complexity index is 679. The van der Waals surface area contributed by atoms with Crippen molar-refractivity contribution in [1.82, 2.24) is 10.6 Å². The molecule has 0 aromatic carbocycles. The highest BCUT2D eigenvalue weighted by atomic mass is 28.4. The predicted octanol–water partition coefficient (Wildman–Crippen LogP) is 7.30. The van der Waals surface area contributed by atoms with Crippen LogP contribution >= 0.6 is 0 Å². The van der Waals surface area contributed by atoms with Gasteiger partial charge in [-0.15, -0.1) is 0 Å². The van der Waals surface area contributed by atoms with Crippen LogP contribution in [0.15, 0.2) is 0 Å². The second-order valence-corrected chi connectivity index (χ2v) is 22.5. The van der Waals surface area contributed by atoms with Crippen molar-refractivity contribution < 1.29 is 44.3 Å². The summed E-state index contributed by atoms with van der Waals surface area (Å²) in [4.78, 5) is 0. The van der Waals surface area contributed by atoms with E-state index < -0.39 is 26.4 Å². The van der Waals surface area contributed by atoms with Crippen LogP contribution in [0.5, 0.6) is 0 Å². The quantitative estimate of drug-likeness (QED) is 0.0383. The summed E-state index contributed by atoms with van der Waals surface area (Å²) in [7, 11) is 7.95. The van der Waals surface area contributed by atoms with E-state index in [1.54, 1.807) is 64.0 Å². The lowest BCUT2D eigenvalue weighted by Gasteiger charge is -2.42. The van der Waals surface area contributed by atoms with E-state index in [4.69, 9.17) is 39.8 Å². The van der Waals surface area contributed by atoms with Crippen molar-refractivity contribution in [2.24, 2.45) is 0 Å². The van der Waals surface area contributed by atoms with Crippen LogP contribution in [0.3, 0.4) is 0 Å². The van der Waals surface area contributed by atoms with E-state index in [1.807, 2.05) is 0 Å². The summed E-state index contributed by atoms with van der Waals surface area (Å²) in [5.41, 5.74) is 0. The van der Waals surface area contributed by atoms with Crippen LogP contribution in [0.25, 0.3) is 0 Å². The second kappa shape index (κ2) is 38.1. The summed E-state index contributed by atoms with van der Waals surface area (Å²) in [6, 6.07) is 1.74. The number of hydrogen-bond acceptors (Lipinski definition) is 11. The number of quaternary nitrogens is 1. The van der Waals surface area contributed by atoms with Gasteiger partial charge in [-0.25, -0.2) is 0 Å². The molecule has 0 aromatic rings. The molecule has 318 valence electrons. The van der Waals surface area contributed by atoms with Crippen molar-refractivity contribution in [2.75, 3.05) is 116 Å². The maximum Gasteiger partial charge on any atom is 0.558 e. The summed E-state index contributed by atoms with van der Waals surface area (Å²) in [6.45, 7) is 19.1. The lowest BCUT2D eigenvalue weighted by atomic mass is 10.2. The zero-order chi connectivity index (χ0) is 40.0. The summed E-state index contributed by atoms with van der Waals surface area (Å²) in [6.07, 6.45) is 16.8. The van der Waals surface area contributed by atoms with Gasteiger partial charge in [-0.2, -0.15) is 0 Å². The van der Waals surface area contributed by atoms with Gasteiger partial charge in [-0.1, -0.05) is 73.1 Å². The molecule has 0 heterocycles. The average molecular weight is 805 g/mol. The normalized spacial score (nSPS) is 12.3. The van der Waals surface area contributed by atoms with Crippen molar-refractivity contribution in [3.8, 4) is 0 Å². The van der Waals surface area contributed by atoms with Crippen molar-refractivity contribution in [1.29, 1.82) is 0 Å². The Balaban J connectivity index is -0.000000706. The summed E-state index contributed by atoms with van der Waals surface area (Å²) < 4.78 is 50.3. The zero-order valence-corrected chi connectivity index (χ0v) is 39.9. The van der Waals surface area contributed by atoms with Gasteiger partial charge in [0.05, 0.1) is 19.6 Å². The maximum absolute atomic E-state index is 5.71. The second-order valence-electron chi connectivity index (χ2n) is 13.4. The standard InChI is InChI=1S/C16H38NO3Si.C11H27NO3Si.C10H25NO3Si/c1-7-10-13-17(14-11-8-2,15-12-9-3)16-21(18-4,19-5)20-6;1-5-6-7-9-12-10-8-11-16(13-2,14-3)15-4;1-5-6-8-11-9-7-10-15(12-2,13-3)14-4/h7-16H2,1-6H3;12H,5-11H2,1-4H3;11H,5-10H2,1-4H3/q+1;;. The minimum atomic E-state index is -2.53. The molecule has 0 saturated heterocycles. The molecule has 0 radical (unpaired) electrons. The fraction of sp³-hybridized carbons (Fsp3) is 1.00. The third-order valence-electron chi connectivity index (χ3n) is 9.62. The molecular weight excluding hydrogens is 715 g/mol. The van der Waals surface area contributed by atoms with E-state index in [2.05, 4.69) is 45.3 Å². The van der Waals surface area contributed by atoms with Crippen LogP contribution in [0.4, 0.5) is 0 Å². The van der Waals surface area contributed by atoms with Gasteiger partial charge in [0.15, 0.2) is 0 Å². The fourth-order valence-electron chi connectivity index (χ4n) is 5.93. The third-order valence-corrected chi connectivity index (χ3v) is 18.2. The molecule has 0 spiro atoms. The molecule has 0 bridgehead atoms. The van der Waals surface area contributed by atoms with Crippen LogP contribution in [-0.2, 0) is 39.8 Å². The Hall–Kier alpha value is 0.171. The average Bonchev–Trinajstić information content (AvgIpc) is 3.19. The van der Waals surface area contributed by atoms with Crippen LogP contribution in [0.1, 0.15) is 118 Å². The number of nitrogens with zero attached hydrogens (tertiary/aromatic N) is 1. The molecule has 0 atom stereocenters. The summed E-state index contributed by atoms with van der Waals surface area (Å²) in [5.74, 6) is 0. The topological polar surface area (TPSA) is 107 Å². The summed E-state index contributed by atoms with van der Waals surface area (Å²) >= 11 is 0. The van der Waals surface area contributed by atoms with E-state index in [1.165, 1.54) is 90.3 Å². The highest BCUT2D eigenvalue weighted by Crippen LogP contribution is 2.21. The Morgan fingerprint density at radius 2 is 0.635 bits per heavy atom. The number of unbranched alkanes of at least 4 members (excludes halogenated alkanes) is 6. The highest BCUT2D eigenvalue weighted by molar-refractivity contribution is 6.61. The highest BCUT2D eigenvalue weighted by Gasteiger charge is 2.48. The number of rotatable bonds is 35. The van der Waals surface area contributed by atoms with Crippen molar-refractivity contribution in [3.63, 3.8) is 0 Å². The van der Waals surface area contributed by atoms with Gasteiger partial charge in [-0.3, -0.25) is 0 Å².